The van der Waals surface area contributed by atoms with Crippen LogP contribution in [0.1, 0.15) is 15.4 Å². The van der Waals surface area contributed by atoms with Gasteiger partial charge < -0.3 is 15.6 Å². The average Bonchev–Trinajstić information content (AvgIpc) is 3.14. The molecule has 1 aromatic heterocycles. The molecule has 2 aromatic carbocycles. The van der Waals surface area contributed by atoms with Crippen molar-refractivity contribution in [1.29, 1.82) is 0 Å². The van der Waals surface area contributed by atoms with Gasteiger partial charge in [0.15, 0.2) is 0 Å². The van der Waals surface area contributed by atoms with Crippen LogP contribution in [-0.4, -0.2) is 33.3 Å². The summed E-state index contributed by atoms with van der Waals surface area (Å²) in [6, 6.07) is 13.6. The molecule has 26 heavy (non-hydrogen) atoms. The molecule has 3 rings (SSSR count). The molecule has 0 bridgehead atoms. The Hall–Kier alpha value is -3.54. The summed E-state index contributed by atoms with van der Waals surface area (Å²) in [5.74, 6) is 0.459. The van der Waals surface area contributed by atoms with Gasteiger partial charge in [-0.3, -0.25) is 10.9 Å². The molecular formula is C19H12N3O3S-. The van der Waals surface area contributed by atoms with Gasteiger partial charge in [-0.05, 0) is 18.2 Å². The van der Waals surface area contributed by atoms with Crippen molar-refractivity contribution in [2.45, 2.75) is 0 Å². The molecule has 0 spiro atoms. The second kappa shape index (κ2) is 7.57. The molecule has 0 fully saturated rings. The van der Waals surface area contributed by atoms with E-state index in [2.05, 4.69) is 15.8 Å². The van der Waals surface area contributed by atoms with E-state index in [4.69, 9.17) is 5.11 Å². The standard InChI is InChI=1S/C19H12N3O3S/c20-9-13(10-21-14-6-7-17(23)15(8-14)19(24)25)18-22-16(11-26-18)12-4-2-1-3-5-12/h1-8,10-11,23H,(H,24,25)/q-1. The number of hydrogen-bond acceptors (Lipinski definition) is 5. The van der Waals surface area contributed by atoms with Crippen molar-refractivity contribution in [3.05, 3.63) is 69.9 Å². The lowest BCUT2D eigenvalue weighted by atomic mass is 10.2. The van der Waals surface area contributed by atoms with Gasteiger partial charge >= 0.3 is 5.97 Å². The summed E-state index contributed by atoms with van der Waals surface area (Å²) in [6.07, 6.45) is 1.34. The minimum atomic E-state index is -1.25. The summed E-state index contributed by atoms with van der Waals surface area (Å²) in [5, 5.41) is 30.3. The van der Waals surface area contributed by atoms with Crippen LogP contribution < -0.4 is 0 Å². The van der Waals surface area contributed by atoms with E-state index in [1.165, 1.54) is 35.8 Å². The molecule has 7 heteroatoms. The van der Waals surface area contributed by atoms with Gasteiger partial charge in [0.1, 0.15) is 16.3 Å². The van der Waals surface area contributed by atoms with Crippen LogP contribution in [0.5, 0.6) is 5.75 Å². The zero-order valence-electron chi connectivity index (χ0n) is 13.3. The molecule has 0 saturated heterocycles. The highest BCUT2D eigenvalue weighted by Gasteiger charge is 2.10. The van der Waals surface area contributed by atoms with E-state index < -0.39 is 5.97 Å². The fraction of sp³-hybridized carbons (Fsp3) is 0. The van der Waals surface area contributed by atoms with Crippen LogP contribution in [0.4, 0.5) is 5.69 Å². The van der Waals surface area contributed by atoms with E-state index in [9.17, 15) is 15.3 Å². The summed E-state index contributed by atoms with van der Waals surface area (Å²) in [5.41, 5.74) is 2.05. The third-order valence-corrected chi connectivity index (χ3v) is 4.35. The number of carboxylic acid groups (broad SMARTS) is 1. The molecule has 0 atom stereocenters. The van der Waals surface area contributed by atoms with Crippen molar-refractivity contribution >= 4 is 40.7 Å². The molecule has 6 nitrogen and oxygen atoms in total. The van der Waals surface area contributed by atoms with Gasteiger partial charge in [0, 0.05) is 22.7 Å². The maximum absolute atomic E-state index is 11.0. The van der Waals surface area contributed by atoms with Crippen LogP contribution in [0.2, 0.25) is 0 Å². The lowest BCUT2D eigenvalue weighted by molar-refractivity contribution is 0.0694. The number of phenols is 1. The van der Waals surface area contributed by atoms with Crippen LogP contribution in [0.25, 0.3) is 22.2 Å². The molecule has 0 aliphatic carbocycles. The minimum Gasteiger partial charge on any atom is -0.763 e. The maximum Gasteiger partial charge on any atom is 0.339 e. The predicted octanol–water partition coefficient (Wildman–Crippen LogP) is 4.24. The van der Waals surface area contributed by atoms with E-state index in [1.807, 2.05) is 35.7 Å². The number of hydrogen-bond donors (Lipinski definition) is 2. The Kier molecular flexibility index (Phi) is 5.03. The fourth-order valence-electron chi connectivity index (χ4n) is 2.19. The quantitative estimate of drug-likeness (QED) is 0.662. The molecule has 0 unspecified atom stereocenters. The van der Waals surface area contributed by atoms with Crippen LogP contribution in [0.3, 0.4) is 0 Å². The Morgan fingerprint density at radius 1 is 1.23 bits per heavy atom. The highest BCUT2D eigenvalue weighted by molar-refractivity contribution is 7.11. The predicted molar refractivity (Wildman–Crippen MR) is 103 cm³/mol. The summed E-state index contributed by atoms with van der Waals surface area (Å²) >= 11 is 1.33. The normalized spacial score (nSPS) is 10.6. The number of allylic oxidation sites excluding steroid dienone is 1. The summed E-state index contributed by atoms with van der Waals surface area (Å²) < 4.78 is 0. The first-order valence-electron chi connectivity index (χ1n) is 7.47. The van der Waals surface area contributed by atoms with Crippen molar-refractivity contribution in [3.63, 3.8) is 0 Å². The second-order valence-electron chi connectivity index (χ2n) is 5.19. The third kappa shape index (κ3) is 3.75. The van der Waals surface area contributed by atoms with Gasteiger partial charge in [0.05, 0.1) is 11.4 Å². The number of aromatic nitrogens is 1. The highest BCUT2D eigenvalue weighted by atomic mass is 32.1. The zero-order chi connectivity index (χ0) is 18.5. The molecule has 0 saturated carbocycles. The molecule has 3 aromatic rings. The number of rotatable bonds is 5. The van der Waals surface area contributed by atoms with E-state index >= 15 is 0 Å². The van der Waals surface area contributed by atoms with E-state index in [0.29, 0.717) is 10.7 Å². The summed E-state index contributed by atoms with van der Waals surface area (Å²) in [4.78, 5) is 19.6. The van der Waals surface area contributed by atoms with Crippen LogP contribution in [-0.2, 0) is 0 Å². The monoisotopic (exact) mass is 362 g/mol. The fourth-order valence-corrected chi connectivity index (χ4v) is 2.97. The maximum atomic E-state index is 11.0. The van der Waals surface area contributed by atoms with Gasteiger partial charge in [-0.15, -0.1) is 11.3 Å². The largest absolute Gasteiger partial charge is 0.763 e. The molecule has 0 radical (unpaired) electrons. The van der Waals surface area contributed by atoms with E-state index in [0.717, 1.165) is 11.3 Å². The van der Waals surface area contributed by atoms with Gasteiger partial charge in [-0.2, -0.15) is 0 Å². The summed E-state index contributed by atoms with van der Waals surface area (Å²) in [6.45, 7) is 0. The van der Waals surface area contributed by atoms with E-state index in [-0.39, 0.29) is 16.9 Å². The molecule has 0 amide bonds. The Morgan fingerprint density at radius 2 is 2.00 bits per heavy atom. The number of aromatic carboxylic acids is 1. The number of aliphatic imine (C=N–C) groups is 1. The van der Waals surface area contributed by atoms with Crippen molar-refractivity contribution in [3.8, 4) is 17.0 Å². The Bertz CT molecular complexity index is 1040. The third-order valence-electron chi connectivity index (χ3n) is 3.48. The first-order chi connectivity index (χ1) is 12.6. The Labute approximate surface area is 153 Å². The van der Waals surface area contributed by atoms with Gasteiger partial charge in [0.2, 0.25) is 0 Å². The number of carboxylic acids is 1. The molecular weight excluding hydrogens is 350 g/mol. The van der Waals surface area contributed by atoms with Crippen LogP contribution in [0.15, 0.2) is 58.9 Å². The SMILES string of the molecule is [N-]=C=C(C=Nc1ccc(O)c(C(=O)O)c1)c1nc(-c2ccccc2)cs1. The van der Waals surface area contributed by atoms with Crippen molar-refractivity contribution in [1.82, 2.24) is 4.98 Å². The number of benzene rings is 2. The van der Waals surface area contributed by atoms with Gasteiger partial charge in [-0.1, -0.05) is 30.3 Å². The first-order valence-corrected chi connectivity index (χ1v) is 8.35. The van der Waals surface area contributed by atoms with Crippen molar-refractivity contribution < 1.29 is 15.0 Å². The summed E-state index contributed by atoms with van der Waals surface area (Å²) in [7, 11) is 0. The smallest absolute Gasteiger partial charge is 0.339 e. The van der Waals surface area contributed by atoms with Crippen molar-refractivity contribution in [2.75, 3.05) is 0 Å². The first kappa shape index (κ1) is 17.3. The molecule has 1 heterocycles. The highest BCUT2D eigenvalue weighted by Crippen LogP contribution is 2.26. The topological polar surface area (TPSA) is 105 Å². The molecule has 0 aliphatic rings. The van der Waals surface area contributed by atoms with E-state index in [1.54, 1.807) is 0 Å². The second-order valence-corrected chi connectivity index (χ2v) is 6.05. The zero-order valence-corrected chi connectivity index (χ0v) is 14.1. The number of nitrogens with zero attached hydrogens (tertiary/aromatic N) is 3. The molecule has 128 valence electrons. The lowest BCUT2D eigenvalue weighted by Crippen LogP contribution is -1.96. The molecule has 2 N–H and O–H groups in total. The Morgan fingerprint density at radius 3 is 2.69 bits per heavy atom. The van der Waals surface area contributed by atoms with Gasteiger partial charge in [-0.25, -0.2) is 9.78 Å². The minimum absolute atomic E-state index is 0.251. The number of carbonyl (C=O) groups is 1. The average molecular weight is 362 g/mol. The Balaban J connectivity index is 1.86. The lowest BCUT2D eigenvalue weighted by Gasteiger charge is -2.01. The number of aromatic hydroxyl groups is 1. The van der Waals surface area contributed by atoms with Crippen molar-refractivity contribution in [2.24, 2.45) is 4.99 Å². The van der Waals surface area contributed by atoms with Crippen LogP contribution in [0, 0.1) is 0 Å². The van der Waals surface area contributed by atoms with Crippen LogP contribution >= 0.6 is 11.3 Å². The van der Waals surface area contributed by atoms with Gasteiger partial charge in [0.25, 0.3) is 0 Å². The number of thiazole rings is 1. The molecule has 0 aliphatic heterocycles.